The van der Waals surface area contributed by atoms with E-state index in [0.717, 1.165) is 6.42 Å². The second-order valence-electron chi connectivity index (χ2n) is 7.60. The van der Waals surface area contributed by atoms with Crippen LogP contribution in [0, 0.1) is 5.41 Å². The minimum absolute atomic E-state index is 0. The lowest BCUT2D eigenvalue weighted by atomic mass is 9.87. The summed E-state index contributed by atoms with van der Waals surface area (Å²) in [6.45, 7) is 11.7. The lowest BCUT2D eigenvalue weighted by Gasteiger charge is -2.26. The van der Waals surface area contributed by atoms with Gasteiger partial charge >= 0.3 is 0 Å². The van der Waals surface area contributed by atoms with E-state index in [1.807, 2.05) is 41.5 Å². The van der Waals surface area contributed by atoms with Crippen molar-refractivity contribution in [1.82, 2.24) is 5.32 Å². The Hall–Kier alpha value is -1.59. The molecule has 24 heavy (non-hydrogen) atoms. The fraction of sp³-hybridized carbons (Fsp3) is 0.556. The highest BCUT2D eigenvalue weighted by molar-refractivity contribution is 5.97. The lowest BCUT2D eigenvalue weighted by molar-refractivity contribution is -0.119. The zero-order chi connectivity index (χ0) is 17.8. The van der Waals surface area contributed by atoms with Crippen molar-refractivity contribution < 1.29 is 9.59 Å². The highest BCUT2D eigenvalue weighted by Gasteiger charge is 2.27. The van der Waals surface area contributed by atoms with E-state index in [1.165, 1.54) is 0 Å². The van der Waals surface area contributed by atoms with Crippen molar-refractivity contribution in [3.63, 3.8) is 0 Å². The number of anilines is 1. The first kappa shape index (κ1) is 22.4. The van der Waals surface area contributed by atoms with Gasteiger partial charge in [-0.3, -0.25) is 9.59 Å². The molecule has 6 heteroatoms. The average Bonchev–Trinajstić information content (AvgIpc) is 2.45. The monoisotopic (exact) mass is 355 g/mol. The molecule has 136 valence electrons. The van der Waals surface area contributed by atoms with Crippen molar-refractivity contribution in [1.29, 1.82) is 0 Å². The summed E-state index contributed by atoms with van der Waals surface area (Å²) in [5, 5.41) is 5.75. The van der Waals surface area contributed by atoms with Crippen LogP contribution >= 0.6 is 12.4 Å². The molecule has 1 rings (SSSR count). The quantitative estimate of drug-likeness (QED) is 0.757. The molecule has 0 spiro atoms. The van der Waals surface area contributed by atoms with E-state index in [4.69, 9.17) is 5.73 Å². The third-order valence-electron chi connectivity index (χ3n) is 3.97. The first-order chi connectivity index (χ1) is 10.5. The fourth-order valence-corrected chi connectivity index (χ4v) is 1.79. The number of hydrogen-bond donors (Lipinski definition) is 3. The number of hydrogen-bond acceptors (Lipinski definition) is 3. The molecule has 1 aromatic carbocycles. The van der Waals surface area contributed by atoms with E-state index in [9.17, 15) is 9.59 Å². The summed E-state index contributed by atoms with van der Waals surface area (Å²) < 4.78 is 0. The van der Waals surface area contributed by atoms with Crippen LogP contribution < -0.4 is 16.4 Å². The summed E-state index contributed by atoms with van der Waals surface area (Å²) in [4.78, 5) is 24.3. The van der Waals surface area contributed by atoms with Gasteiger partial charge in [0.25, 0.3) is 5.91 Å². The van der Waals surface area contributed by atoms with Crippen LogP contribution in [0.4, 0.5) is 5.69 Å². The molecule has 4 N–H and O–H groups in total. The van der Waals surface area contributed by atoms with Gasteiger partial charge in [0.1, 0.15) is 0 Å². The molecule has 0 fully saturated rings. The van der Waals surface area contributed by atoms with Crippen molar-refractivity contribution in [3.8, 4) is 0 Å². The van der Waals surface area contributed by atoms with Crippen molar-refractivity contribution in [3.05, 3.63) is 29.8 Å². The summed E-state index contributed by atoms with van der Waals surface area (Å²) in [7, 11) is 0. The number of benzene rings is 1. The number of nitrogens with two attached hydrogens (primary N) is 1. The molecule has 0 saturated carbocycles. The minimum Gasteiger partial charge on any atom is -0.347 e. The van der Waals surface area contributed by atoms with Crippen molar-refractivity contribution in [2.45, 2.75) is 59.5 Å². The van der Waals surface area contributed by atoms with Crippen molar-refractivity contribution in [2.24, 2.45) is 11.1 Å². The Labute approximate surface area is 151 Å². The van der Waals surface area contributed by atoms with Crippen LogP contribution in [0.15, 0.2) is 24.3 Å². The fourth-order valence-electron chi connectivity index (χ4n) is 1.79. The molecule has 2 amide bonds. The van der Waals surface area contributed by atoms with Gasteiger partial charge in [0.2, 0.25) is 5.91 Å². The number of carbonyl (C=O) groups is 2. The summed E-state index contributed by atoms with van der Waals surface area (Å²) in [5.74, 6) is -0.358. The summed E-state index contributed by atoms with van der Waals surface area (Å²) in [6.07, 6.45) is 0.845. The molecule has 0 bridgehead atoms. The van der Waals surface area contributed by atoms with E-state index in [1.54, 1.807) is 24.3 Å². The third-order valence-corrected chi connectivity index (χ3v) is 3.97. The van der Waals surface area contributed by atoms with Crippen molar-refractivity contribution >= 4 is 29.9 Å². The smallest absolute Gasteiger partial charge is 0.251 e. The zero-order valence-electron chi connectivity index (χ0n) is 15.4. The normalized spacial score (nSPS) is 12.8. The first-order valence-electron chi connectivity index (χ1n) is 7.95. The Morgan fingerprint density at radius 3 is 2.00 bits per heavy atom. The highest BCUT2D eigenvalue weighted by atomic mass is 35.5. The predicted octanol–water partition coefficient (Wildman–Crippen LogP) is 3.34. The Bertz CT molecular complexity index is 563. The molecule has 5 nitrogen and oxygen atoms in total. The molecule has 1 aromatic rings. The zero-order valence-corrected chi connectivity index (χ0v) is 16.2. The third kappa shape index (κ3) is 6.49. The van der Waals surface area contributed by atoms with Crippen LogP contribution in [-0.4, -0.2) is 23.4 Å². The molecule has 0 radical (unpaired) electrons. The molecule has 0 aliphatic rings. The van der Waals surface area contributed by atoms with Gasteiger partial charge in [-0.05, 0) is 49.9 Å². The Morgan fingerprint density at radius 2 is 1.58 bits per heavy atom. The van der Waals surface area contributed by atoms with Crippen LogP contribution in [0.1, 0.15) is 58.3 Å². The van der Waals surface area contributed by atoms with Crippen LogP contribution in [0.3, 0.4) is 0 Å². The second kappa shape index (κ2) is 8.49. The molecule has 0 aliphatic heterocycles. The summed E-state index contributed by atoms with van der Waals surface area (Å²) in [5.41, 5.74) is 6.56. The average molecular weight is 356 g/mol. The SMILES string of the molecule is CCC(C)(C)NC(=O)c1ccc(NC(=O)[C@@H](N)C(C)(C)C)cc1.Cl. The molecule has 0 heterocycles. The van der Waals surface area contributed by atoms with Gasteiger partial charge < -0.3 is 16.4 Å². The Balaban J connectivity index is 0.00000529. The van der Waals surface area contributed by atoms with Gasteiger partial charge in [-0.15, -0.1) is 12.4 Å². The van der Waals surface area contributed by atoms with E-state index in [0.29, 0.717) is 11.3 Å². The maximum Gasteiger partial charge on any atom is 0.251 e. The standard InChI is InChI=1S/C18H29N3O2.ClH/c1-7-18(5,6)21-15(22)12-8-10-13(11-9-12)20-16(23)14(19)17(2,3)4;/h8-11,14H,7,19H2,1-6H3,(H,20,23)(H,21,22);1H/t14-;/m1./s1. The Morgan fingerprint density at radius 1 is 1.08 bits per heavy atom. The topological polar surface area (TPSA) is 84.2 Å². The van der Waals surface area contributed by atoms with Gasteiger partial charge in [-0.2, -0.15) is 0 Å². The molecular weight excluding hydrogens is 326 g/mol. The van der Waals surface area contributed by atoms with Crippen LogP contribution in [-0.2, 0) is 4.79 Å². The number of halogens is 1. The van der Waals surface area contributed by atoms with Gasteiger partial charge in [-0.25, -0.2) is 0 Å². The molecule has 0 aromatic heterocycles. The van der Waals surface area contributed by atoms with Gasteiger partial charge in [0.15, 0.2) is 0 Å². The van der Waals surface area contributed by atoms with Crippen LogP contribution in [0.5, 0.6) is 0 Å². The molecule has 1 atom stereocenters. The molecular formula is C18H30ClN3O2. The van der Waals surface area contributed by atoms with E-state index in [2.05, 4.69) is 10.6 Å². The maximum atomic E-state index is 12.2. The first-order valence-corrected chi connectivity index (χ1v) is 7.95. The summed E-state index contributed by atoms with van der Waals surface area (Å²) in [6, 6.07) is 6.21. The largest absolute Gasteiger partial charge is 0.347 e. The number of carbonyl (C=O) groups excluding carboxylic acids is 2. The van der Waals surface area contributed by atoms with Gasteiger partial charge in [0.05, 0.1) is 6.04 Å². The number of amides is 2. The number of rotatable bonds is 5. The highest BCUT2D eigenvalue weighted by Crippen LogP contribution is 2.19. The Kier molecular flexibility index (Phi) is 7.93. The number of nitrogens with one attached hydrogen (secondary N) is 2. The maximum absolute atomic E-state index is 12.2. The van der Waals surface area contributed by atoms with E-state index < -0.39 is 6.04 Å². The van der Waals surface area contributed by atoms with E-state index in [-0.39, 0.29) is 35.2 Å². The molecule has 0 aliphatic carbocycles. The lowest BCUT2D eigenvalue weighted by Crippen LogP contribution is -2.45. The minimum atomic E-state index is -0.601. The predicted molar refractivity (Wildman–Crippen MR) is 102 cm³/mol. The second-order valence-corrected chi connectivity index (χ2v) is 7.60. The molecule has 0 saturated heterocycles. The van der Waals surface area contributed by atoms with Crippen molar-refractivity contribution in [2.75, 3.05) is 5.32 Å². The molecule has 0 unspecified atom stereocenters. The van der Waals surface area contributed by atoms with Crippen LogP contribution in [0.2, 0.25) is 0 Å². The van der Waals surface area contributed by atoms with E-state index >= 15 is 0 Å². The van der Waals surface area contributed by atoms with Crippen LogP contribution in [0.25, 0.3) is 0 Å². The van der Waals surface area contributed by atoms with Gasteiger partial charge in [-0.1, -0.05) is 27.7 Å². The van der Waals surface area contributed by atoms with Gasteiger partial charge in [0, 0.05) is 16.8 Å². The summed E-state index contributed by atoms with van der Waals surface area (Å²) >= 11 is 0.